The average molecular weight is 316 g/mol. The van der Waals surface area contributed by atoms with Gasteiger partial charge in [0.15, 0.2) is 0 Å². The molecule has 102 valence electrons. The van der Waals surface area contributed by atoms with Crippen molar-refractivity contribution in [3.05, 3.63) is 16.4 Å². The molecule has 5 heteroatoms. The number of aliphatic hydroxyl groups is 1. The fourth-order valence-electron chi connectivity index (χ4n) is 2.47. The Hall–Kier alpha value is -0.390. The van der Waals surface area contributed by atoms with Gasteiger partial charge in [0, 0.05) is 6.54 Å². The highest BCUT2D eigenvalue weighted by molar-refractivity contribution is 9.10. The molecule has 1 aliphatic rings. The van der Waals surface area contributed by atoms with Crippen molar-refractivity contribution in [2.24, 2.45) is 5.92 Å². The highest BCUT2D eigenvalue weighted by atomic mass is 79.9. The maximum absolute atomic E-state index is 10.9. The van der Waals surface area contributed by atoms with E-state index in [0.717, 1.165) is 42.5 Å². The van der Waals surface area contributed by atoms with E-state index in [2.05, 4.69) is 25.9 Å². The second-order valence-corrected chi connectivity index (χ2v) is 6.27. The summed E-state index contributed by atoms with van der Waals surface area (Å²) in [5, 5.41) is 15.3. The maximum atomic E-state index is 10.9. The molecule has 0 aromatic carbocycles. The molecule has 1 N–H and O–H groups in total. The standard InChI is InChI=1S/C13H22BrN3O/c1-4-13(18,10-5-6-10)12-11(14)9-15-17(12)8-7-16(2)3/h9-10,18H,4-8H2,1-3H3. The zero-order valence-electron chi connectivity index (χ0n) is 11.4. The smallest absolute Gasteiger partial charge is 0.110 e. The summed E-state index contributed by atoms with van der Waals surface area (Å²) < 4.78 is 2.88. The molecule has 2 rings (SSSR count). The maximum Gasteiger partial charge on any atom is 0.110 e. The third-order valence-electron chi connectivity index (χ3n) is 3.76. The molecule has 0 aliphatic heterocycles. The van der Waals surface area contributed by atoms with Crippen molar-refractivity contribution in [3.8, 4) is 0 Å². The van der Waals surface area contributed by atoms with Crippen LogP contribution in [0.1, 0.15) is 31.9 Å². The molecule has 1 aliphatic carbocycles. The van der Waals surface area contributed by atoms with E-state index in [9.17, 15) is 5.11 Å². The lowest BCUT2D eigenvalue weighted by Gasteiger charge is -2.28. The Morgan fingerprint density at radius 3 is 2.72 bits per heavy atom. The van der Waals surface area contributed by atoms with Crippen LogP contribution in [0, 0.1) is 5.92 Å². The lowest BCUT2D eigenvalue weighted by molar-refractivity contribution is -0.000807. The molecule has 0 amide bonds. The lowest BCUT2D eigenvalue weighted by atomic mass is 9.90. The number of aromatic nitrogens is 2. The van der Waals surface area contributed by atoms with E-state index in [1.807, 2.05) is 25.7 Å². The number of hydrogen-bond donors (Lipinski definition) is 1. The van der Waals surface area contributed by atoms with Gasteiger partial charge >= 0.3 is 0 Å². The van der Waals surface area contributed by atoms with Gasteiger partial charge in [-0.15, -0.1) is 0 Å². The highest BCUT2D eigenvalue weighted by Crippen LogP contribution is 2.49. The first-order chi connectivity index (χ1) is 8.49. The molecule has 1 fully saturated rings. The third kappa shape index (κ3) is 2.63. The van der Waals surface area contributed by atoms with Gasteiger partial charge in [0.25, 0.3) is 0 Å². The molecule has 1 aromatic heterocycles. The number of hydrogen-bond acceptors (Lipinski definition) is 3. The third-order valence-corrected chi connectivity index (χ3v) is 4.34. The Morgan fingerprint density at radius 2 is 2.22 bits per heavy atom. The summed E-state index contributed by atoms with van der Waals surface area (Å²) in [4.78, 5) is 2.13. The summed E-state index contributed by atoms with van der Waals surface area (Å²) >= 11 is 3.54. The van der Waals surface area contributed by atoms with Gasteiger partial charge in [-0.2, -0.15) is 5.10 Å². The van der Waals surface area contributed by atoms with E-state index in [1.54, 1.807) is 6.20 Å². The zero-order valence-corrected chi connectivity index (χ0v) is 12.9. The predicted octanol–water partition coefficient (Wildman–Crippen LogP) is 2.21. The molecular formula is C13H22BrN3O. The van der Waals surface area contributed by atoms with Gasteiger partial charge in [0.2, 0.25) is 0 Å². The summed E-state index contributed by atoms with van der Waals surface area (Å²) in [7, 11) is 4.09. The van der Waals surface area contributed by atoms with Crippen LogP contribution in [0.2, 0.25) is 0 Å². The van der Waals surface area contributed by atoms with Crippen LogP contribution in [0.5, 0.6) is 0 Å². The molecule has 1 atom stereocenters. The Kier molecular flexibility index (Phi) is 4.14. The van der Waals surface area contributed by atoms with Crippen LogP contribution in [-0.2, 0) is 12.1 Å². The van der Waals surface area contributed by atoms with Gasteiger partial charge in [-0.05, 0) is 55.2 Å². The Balaban J connectivity index is 2.27. The fourth-order valence-corrected chi connectivity index (χ4v) is 3.11. The number of likely N-dealkylation sites (N-methyl/N-ethyl adjacent to an activating group) is 1. The first-order valence-corrected chi connectivity index (χ1v) is 7.37. The van der Waals surface area contributed by atoms with Crippen molar-refractivity contribution in [1.29, 1.82) is 0 Å². The normalized spacial score (nSPS) is 19.2. The van der Waals surface area contributed by atoms with Crippen LogP contribution >= 0.6 is 15.9 Å². The molecule has 4 nitrogen and oxygen atoms in total. The van der Waals surface area contributed by atoms with Crippen molar-refractivity contribution in [2.75, 3.05) is 20.6 Å². The Morgan fingerprint density at radius 1 is 1.56 bits per heavy atom. The highest BCUT2D eigenvalue weighted by Gasteiger charge is 2.46. The molecule has 1 saturated carbocycles. The molecule has 1 aromatic rings. The Bertz CT molecular complexity index is 414. The summed E-state index contributed by atoms with van der Waals surface area (Å²) in [6, 6.07) is 0. The van der Waals surface area contributed by atoms with Crippen molar-refractivity contribution < 1.29 is 5.11 Å². The molecule has 1 heterocycles. The van der Waals surface area contributed by atoms with Crippen LogP contribution in [0.4, 0.5) is 0 Å². The van der Waals surface area contributed by atoms with Gasteiger partial charge in [0.05, 0.1) is 22.9 Å². The van der Waals surface area contributed by atoms with Crippen molar-refractivity contribution in [3.63, 3.8) is 0 Å². The quantitative estimate of drug-likeness (QED) is 0.875. The number of rotatable bonds is 6. The van der Waals surface area contributed by atoms with Crippen LogP contribution in [0.15, 0.2) is 10.7 Å². The topological polar surface area (TPSA) is 41.3 Å². The summed E-state index contributed by atoms with van der Waals surface area (Å²) in [5.74, 6) is 0.397. The first kappa shape index (κ1) is 14.0. The van der Waals surface area contributed by atoms with E-state index >= 15 is 0 Å². The molecule has 1 unspecified atom stereocenters. The van der Waals surface area contributed by atoms with Crippen LogP contribution < -0.4 is 0 Å². The Labute approximate surface area is 117 Å². The van der Waals surface area contributed by atoms with Crippen LogP contribution in [0.3, 0.4) is 0 Å². The van der Waals surface area contributed by atoms with Gasteiger partial charge in [0.1, 0.15) is 5.60 Å². The van der Waals surface area contributed by atoms with Crippen LogP contribution in [-0.4, -0.2) is 40.4 Å². The van der Waals surface area contributed by atoms with Crippen molar-refractivity contribution in [1.82, 2.24) is 14.7 Å². The predicted molar refractivity (Wildman–Crippen MR) is 75.4 cm³/mol. The van der Waals surface area contributed by atoms with Gasteiger partial charge in [-0.25, -0.2) is 0 Å². The molecular weight excluding hydrogens is 294 g/mol. The minimum absolute atomic E-state index is 0.397. The van der Waals surface area contributed by atoms with Crippen LogP contribution in [0.25, 0.3) is 0 Å². The largest absolute Gasteiger partial charge is 0.383 e. The molecule has 0 radical (unpaired) electrons. The molecule has 0 spiro atoms. The van der Waals surface area contributed by atoms with E-state index in [0.29, 0.717) is 5.92 Å². The molecule has 0 saturated heterocycles. The van der Waals surface area contributed by atoms with E-state index < -0.39 is 5.60 Å². The minimum Gasteiger partial charge on any atom is -0.383 e. The summed E-state index contributed by atoms with van der Waals surface area (Å²) in [6.07, 6.45) is 4.78. The first-order valence-electron chi connectivity index (χ1n) is 6.58. The van der Waals surface area contributed by atoms with E-state index in [4.69, 9.17) is 0 Å². The van der Waals surface area contributed by atoms with Gasteiger partial charge < -0.3 is 10.0 Å². The summed E-state index contributed by atoms with van der Waals surface area (Å²) in [6.45, 7) is 3.78. The second-order valence-electron chi connectivity index (χ2n) is 5.42. The number of halogens is 1. The van der Waals surface area contributed by atoms with E-state index in [1.165, 1.54) is 0 Å². The molecule has 18 heavy (non-hydrogen) atoms. The monoisotopic (exact) mass is 315 g/mol. The minimum atomic E-state index is -0.721. The van der Waals surface area contributed by atoms with Gasteiger partial charge in [-0.1, -0.05) is 6.92 Å². The van der Waals surface area contributed by atoms with Crippen molar-refractivity contribution in [2.45, 2.75) is 38.3 Å². The zero-order chi connectivity index (χ0) is 13.3. The SMILES string of the molecule is CCC(O)(c1c(Br)cnn1CCN(C)C)C1CC1. The van der Waals surface area contributed by atoms with Gasteiger partial charge in [-0.3, -0.25) is 4.68 Å². The molecule has 0 bridgehead atoms. The van der Waals surface area contributed by atoms with Crippen molar-refractivity contribution >= 4 is 15.9 Å². The average Bonchev–Trinajstić information content (AvgIpc) is 3.11. The second kappa shape index (κ2) is 5.31. The number of nitrogens with zero attached hydrogens (tertiary/aromatic N) is 3. The lowest BCUT2D eigenvalue weighted by Crippen LogP contribution is -2.32. The van der Waals surface area contributed by atoms with E-state index in [-0.39, 0.29) is 0 Å². The fraction of sp³-hybridized carbons (Fsp3) is 0.769. The summed E-state index contributed by atoms with van der Waals surface area (Å²) in [5.41, 5.74) is 0.233.